The summed E-state index contributed by atoms with van der Waals surface area (Å²) < 4.78 is 5.60. The molecule has 4 aromatic rings. The predicted molar refractivity (Wildman–Crippen MR) is 120 cm³/mol. The lowest BCUT2D eigenvalue weighted by molar-refractivity contribution is 0.373. The molecule has 0 radical (unpaired) electrons. The molecule has 1 aliphatic rings. The number of anilines is 1. The normalized spacial score (nSPS) is 17.2. The number of pyridine rings is 1. The average Bonchev–Trinajstić information content (AvgIpc) is 3.30. The Morgan fingerprint density at radius 2 is 1.94 bits per heavy atom. The van der Waals surface area contributed by atoms with Crippen LogP contribution in [-0.4, -0.2) is 49.7 Å². The number of hydrogen-bond acceptors (Lipinski definition) is 8. The molecule has 160 valence electrons. The smallest absolute Gasteiger partial charge is 0.226 e. The van der Waals surface area contributed by atoms with E-state index in [4.69, 9.17) is 9.40 Å². The molecule has 1 atom stereocenters. The second-order valence-corrected chi connectivity index (χ2v) is 9.17. The van der Waals surface area contributed by atoms with Crippen LogP contribution in [0.25, 0.3) is 33.4 Å². The van der Waals surface area contributed by atoms with Crippen molar-refractivity contribution >= 4 is 28.1 Å². The van der Waals surface area contributed by atoms with Gasteiger partial charge in [0.15, 0.2) is 11.5 Å². The van der Waals surface area contributed by atoms with Crippen LogP contribution in [0.2, 0.25) is 0 Å². The summed E-state index contributed by atoms with van der Waals surface area (Å²) in [5.74, 6) is 1.39. The van der Waals surface area contributed by atoms with Gasteiger partial charge in [-0.2, -0.15) is 0 Å². The number of phenols is 1. The molecule has 8 heteroatoms. The molecule has 2 N–H and O–H groups in total. The van der Waals surface area contributed by atoms with Gasteiger partial charge in [0, 0.05) is 43.2 Å². The van der Waals surface area contributed by atoms with E-state index >= 15 is 0 Å². The number of aromatic hydroxyl groups is 1. The van der Waals surface area contributed by atoms with Gasteiger partial charge < -0.3 is 19.7 Å². The van der Waals surface area contributed by atoms with Gasteiger partial charge in [0.1, 0.15) is 16.8 Å². The van der Waals surface area contributed by atoms with E-state index in [1.165, 1.54) is 0 Å². The number of benzene rings is 1. The average molecular weight is 419 g/mol. The van der Waals surface area contributed by atoms with E-state index in [2.05, 4.69) is 45.9 Å². The van der Waals surface area contributed by atoms with E-state index < -0.39 is 0 Å². The van der Waals surface area contributed by atoms with Crippen molar-refractivity contribution in [2.75, 3.05) is 18.0 Å². The number of rotatable bonds is 3. The third kappa shape index (κ3) is 3.90. The summed E-state index contributed by atoms with van der Waals surface area (Å²) in [5, 5.41) is 14.1. The first-order valence-electron chi connectivity index (χ1n) is 10.5. The third-order valence-electron chi connectivity index (χ3n) is 5.42. The number of nitrogens with one attached hydrogen (secondary N) is 1. The molecule has 1 saturated heterocycles. The van der Waals surface area contributed by atoms with Crippen molar-refractivity contribution in [1.82, 2.24) is 25.3 Å². The second kappa shape index (κ2) is 7.16. The number of phenolic OH excluding ortho intramolecular Hbond substituents is 1. The van der Waals surface area contributed by atoms with E-state index in [0.717, 1.165) is 31.0 Å². The molecule has 0 bridgehead atoms. The first-order chi connectivity index (χ1) is 14.7. The van der Waals surface area contributed by atoms with Crippen molar-refractivity contribution in [3.05, 3.63) is 36.4 Å². The van der Waals surface area contributed by atoms with Crippen LogP contribution in [0.1, 0.15) is 33.1 Å². The van der Waals surface area contributed by atoms with Crippen LogP contribution in [0.3, 0.4) is 0 Å². The molecule has 1 aliphatic heterocycles. The van der Waals surface area contributed by atoms with Crippen LogP contribution >= 0.6 is 0 Å². The number of oxazole rings is 1. The lowest BCUT2D eigenvalue weighted by Crippen LogP contribution is -2.45. The summed E-state index contributed by atoms with van der Waals surface area (Å²) >= 11 is 0. The molecule has 0 aliphatic carbocycles. The topological polar surface area (TPSA) is 100 Å². The molecule has 31 heavy (non-hydrogen) atoms. The Balaban J connectivity index is 1.43. The van der Waals surface area contributed by atoms with E-state index in [0.29, 0.717) is 39.8 Å². The molecule has 0 spiro atoms. The lowest BCUT2D eigenvalue weighted by atomic mass is 10.1. The zero-order chi connectivity index (χ0) is 21.8. The Bertz CT molecular complexity index is 1280. The summed E-state index contributed by atoms with van der Waals surface area (Å²) in [6, 6.07) is 7.57. The Morgan fingerprint density at radius 1 is 1.10 bits per heavy atom. The lowest BCUT2D eigenvalue weighted by Gasteiger charge is -2.26. The summed E-state index contributed by atoms with van der Waals surface area (Å²) in [5.41, 5.74) is 4.00. The van der Waals surface area contributed by atoms with Gasteiger partial charge in [-0.25, -0.2) is 19.9 Å². The molecule has 1 aromatic carbocycles. The standard InChI is InChI=1S/C23H26N6O2/c1-13-25-18-10-20(30)15(9-21(18)31-13)16-5-6-17-19(26-16)11-24-22(27-17)29-8-7-14(12-29)28-23(2,3)4/h5-6,9-11,14,28,30H,7-8,12H2,1-4H3/t14-/m1/s1. The van der Waals surface area contributed by atoms with Gasteiger partial charge in [0.2, 0.25) is 5.95 Å². The van der Waals surface area contributed by atoms with Gasteiger partial charge >= 0.3 is 0 Å². The van der Waals surface area contributed by atoms with Crippen LogP contribution in [-0.2, 0) is 0 Å². The van der Waals surface area contributed by atoms with E-state index in [1.54, 1.807) is 25.3 Å². The SMILES string of the molecule is Cc1nc2cc(O)c(-c3ccc4nc(N5CC[C@@H](NC(C)(C)C)C5)ncc4n3)cc2o1. The molecular formula is C23H26N6O2. The van der Waals surface area contributed by atoms with Crippen molar-refractivity contribution in [3.63, 3.8) is 0 Å². The fraction of sp³-hybridized carbons (Fsp3) is 0.391. The predicted octanol–water partition coefficient (Wildman–Crippen LogP) is 3.81. The Kier molecular flexibility index (Phi) is 4.55. The highest BCUT2D eigenvalue weighted by molar-refractivity contribution is 5.86. The number of aryl methyl sites for hydroxylation is 1. The molecule has 3 aromatic heterocycles. The minimum absolute atomic E-state index is 0.0875. The highest BCUT2D eigenvalue weighted by Gasteiger charge is 2.27. The molecule has 8 nitrogen and oxygen atoms in total. The van der Waals surface area contributed by atoms with Crippen molar-refractivity contribution < 1.29 is 9.52 Å². The monoisotopic (exact) mass is 418 g/mol. The minimum Gasteiger partial charge on any atom is -0.507 e. The third-order valence-corrected chi connectivity index (χ3v) is 5.42. The summed E-state index contributed by atoms with van der Waals surface area (Å²) in [7, 11) is 0. The van der Waals surface area contributed by atoms with Crippen LogP contribution in [0.5, 0.6) is 5.75 Å². The van der Waals surface area contributed by atoms with Crippen LogP contribution < -0.4 is 10.2 Å². The molecule has 0 saturated carbocycles. The van der Waals surface area contributed by atoms with Gasteiger partial charge in [-0.05, 0) is 45.4 Å². The first-order valence-corrected chi connectivity index (χ1v) is 10.5. The van der Waals surface area contributed by atoms with Gasteiger partial charge in [-0.15, -0.1) is 0 Å². The van der Waals surface area contributed by atoms with E-state index in [1.807, 2.05) is 12.1 Å². The van der Waals surface area contributed by atoms with Crippen molar-refractivity contribution in [2.24, 2.45) is 0 Å². The maximum atomic E-state index is 10.5. The highest BCUT2D eigenvalue weighted by atomic mass is 16.3. The second-order valence-electron chi connectivity index (χ2n) is 9.17. The Morgan fingerprint density at radius 3 is 2.74 bits per heavy atom. The van der Waals surface area contributed by atoms with Crippen LogP contribution in [0.4, 0.5) is 5.95 Å². The molecular weight excluding hydrogens is 392 g/mol. The van der Waals surface area contributed by atoms with E-state index in [-0.39, 0.29) is 11.3 Å². The van der Waals surface area contributed by atoms with Gasteiger partial charge in [-0.1, -0.05) is 0 Å². The molecule has 0 amide bonds. The largest absolute Gasteiger partial charge is 0.507 e. The van der Waals surface area contributed by atoms with Gasteiger partial charge in [0.25, 0.3) is 0 Å². The van der Waals surface area contributed by atoms with Crippen molar-refractivity contribution in [3.8, 4) is 17.0 Å². The first kappa shape index (κ1) is 19.7. The summed E-state index contributed by atoms with van der Waals surface area (Å²) in [6.45, 7) is 10.1. The summed E-state index contributed by atoms with van der Waals surface area (Å²) in [4.78, 5) is 20.4. The molecule has 5 rings (SSSR count). The minimum atomic E-state index is 0.0875. The molecule has 0 unspecified atom stereocenters. The fourth-order valence-electron chi connectivity index (χ4n) is 4.17. The Labute approximate surface area is 180 Å². The Hall–Kier alpha value is -3.26. The van der Waals surface area contributed by atoms with Crippen molar-refractivity contribution in [1.29, 1.82) is 0 Å². The zero-order valence-electron chi connectivity index (χ0n) is 18.2. The van der Waals surface area contributed by atoms with Crippen LogP contribution in [0, 0.1) is 6.92 Å². The van der Waals surface area contributed by atoms with Crippen molar-refractivity contribution in [2.45, 2.75) is 45.7 Å². The van der Waals surface area contributed by atoms with Gasteiger partial charge in [-0.3, -0.25) is 0 Å². The quantitative estimate of drug-likeness (QED) is 0.518. The number of hydrogen-bond donors (Lipinski definition) is 2. The van der Waals surface area contributed by atoms with Crippen LogP contribution in [0.15, 0.2) is 34.9 Å². The maximum absolute atomic E-state index is 10.5. The number of aromatic nitrogens is 4. The highest BCUT2D eigenvalue weighted by Crippen LogP contribution is 2.33. The molecule has 1 fully saturated rings. The zero-order valence-corrected chi connectivity index (χ0v) is 18.2. The summed E-state index contributed by atoms with van der Waals surface area (Å²) in [6.07, 6.45) is 2.82. The number of nitrogens with zero attached hydrogens (tertiary/aromatic N) is 5. The number of fused-ring (bicyclic) bond motifs is 2. The fourth-order valence-corrected chi connectivity index (χ4v) is 4.17. The van der Waals surface area contributed by atoms with E-state index in [9.17, 15) is 5.11 Å². The maximum Gasteiger partial charge on any atom is 0.226 e. The molecule has 4 heterocycles. The van der Waals surface area contributed by atoms with Gasteiger partial charge in [0.05, 0.1) is 17.4 Å².